The molecule has 1 atom stereocenters. The van der Waals surface area contributed by atoms with Crippen LogP contribution in [-0.2, 0) is 20.9 Å². The number of nitrogens with two attached hydrogens (primary N) is 1. The van der Waals surface area contributed by atoms with E-state index < -0.39 is 12.0 Å². The monoisotopic (exact) mass is 373 g/mol. The van der Waals surface area contributed by atoms with Crippen LogP contribution in [0.3, 0.4) is 0 Å². The molecule has 0 saturated carbocycles. The number of methoxy groups -OCH3 is 1. The van der Waals surface area contributed by atoms with Gasteiger partial charge in [-0.25, -0.2) is 9.69 Å². The van der Waals surface area contributed by atoms with E-state index in [0.717, 1.165) is 5.56 Å². The molecule has 134 valence electrons. The fraction of sp³-hybridized carbons (Fsp3) is 0.211. The van der Waals surface area contributed by atoms with Crippen LogP contribution in [0.1, 0.15) is 22.3 Å². The first kappa shape index (κ1) is 18.1. The smallest absolute Gasteiger partial charge is 0.337 e. The zero-order valence-electron chi connectivity index (χ0n) is 14.1. The third kappa shape index (κ3) is 3.76. The van der Waals surface area contributed by atoms with Crippen molar-refractivity contribution in [3.05, 3.63) is 64.7 Å². The first-order valence-corrected chi connectivity index (χ1v) is 8.50. The van der Waals surface area contributed by atoms with Gasteiger partial charge < -0.3 is 10.1 Å². The molecule has 1 heterocycles. The summed E-state index contributed by atoms with van der Waals surface area (Å²) in [6.45, 7) is 0.579. The van der Waals surface area contributed by atoms with Crippen LogP contribution in [0.5, 0.6) is 0 Å². The number of ether oxygens (including phenoxy) is 1. The molecule has 0 radical (unpaired) electrons. The quantitative estimate of drug-likeness (QED) is 0.636. The number of benzene rings is 2. The van der Waals surface area contributed by atoms with Crippen molar-refractivity contribution in [1.82, 2.24) is 0 Å². The van der Waals surface area contributed by atoms with Crippen molar-refractivity contribution in [2.45, 2.75) is 19.0 Å². The number of esters is 1. The molecular formula is C19H18ClN2O4+. The molecule has 3 rings (SSSR count). The van der Waals surface area contributed by atoms with Crippen LogP contribution >= 0.6 is 11.6 Å². The van der Waals surface area contributed by atoms with E-state index in [1.165, 1.54) is 24.1 Å². The predicted molar refractivity (Wildman–Crippen MR) is 95.8 cm³/mol. The molecule has 2 N–H and O–H groups in total. The number of anilines is 1. The average Bonchev–Trinajstić information content (AvgIpc) is 2.94. The summed E-state index contributed by atoms with van der Waals surface area (Å²) in [5, 5.41) is 2.51. The van der Waals surface area contributed by atoms with Crippen LogP contribution in [0.15, 0.2) is 48.5 Å². The van der Waals surface area contributed by atoms with Gasteiger partial charge in [-0.1, -0.05) is 23.7 Å². The lowest BCUT2D eigenvalue weighted by Gasteiger charge is -2.14. The van der Waals surface area contributed by atoms with Crippen LogP contribution in [0.4, 0.5) is 5.69 Å². The molecular weight excluding hydrogens is 356 g/mol. The molecule has 2 amide bonds. The van der Waals surface area contributed by atoms with Gasteiger partial charge in [-0.15, -0.1) is 0 Å². The molecule has 1 fully saturated rings. The number of nitrogens with zero attached hydrogens (tertiary/aromatic N) is 1. The van der Waals surface area contributed by atoms with Gasteiger partial charge in [0, 0.05) is 10.6 Å². The van der Waals surface area contributed by atoms with Gasteiger partial charge in [-0.05, 0) is 36.4 Å². The Kier molecular flexibility index (Phi) is 5.35. The number of halogens is 1. The normalized spacial score (nSPS) is 16.8. The SMILES string of the molecule is COC(=O)c1ccc(N2C(=O)C[C@H]([NH2+]Cc3ccc(Cl)cc3)C2=O)cc1. The summed E-state index contributed by atoms with van der Waals surface area (Å²) >= 11 is 5.86. The number of quaternary nitrogens is 1. The molecule has 2 aromatic carbocycles. The molecule has 7 heteroatoms. The first-order chi connectivity index (χ1) is 12.5. The van der Waals surface area contributed by atoms with Crippen molar-refractivity contribution in [3.63, 3.8) is 0 Å². The molecule has 0 unspecified atom stereocenters. The van der Waals surface area contributed by atoms with Gasteiger partial charge in [0.05, 0.1) is 24.8 Å². The number of carbonyl (C=O) groups excluding carboxylic acids is 3. The minimum atomic E-state index is -0.468. The van der Waals surface area contributed by atoms with Crippen LogP contribution < -0.4 is 10.2 Å². The number of hydrogen-bond acceptors (Lipinski definition) is 4. The lowest BCUT2D eigenvalue weighted by Crippen LogP contribution is -2.90. The first-order valence-electron chi connectivity index (χ1n) is 8.12. The van der Waals surface area contributed by atoms with Gasteiger partial charge in [-0.2, -0.15) is 0 Å². The van der Waals surface area contributed by atoms with Crippen molar-refractivity contribution in [2.75, 3.05) is 12.0 Å². The standard InChI is InChI=1S/C19H17ClN2O4/c1-26-19(25)13-4-8-15(9-5-13)22-17(23)10-16(18(22)24)21-11-12-2-6-14(20)7-3-12/h2-9,16,21H,10-11H2,1H3/p+1/t16-/m0/s1. The summed E-state index contributed by atoms with van der Waals surface area (Å²) < 4.78 is 4.64. The van der Waals surface area contributed by atoms with Crippen molar-refractivity contribution in [1.29, 1.82) is 0 Å². The van der Waals surface area contributed by atoms with Crippen LogP contribution in [-0.4, -0.2) is 30.9 Å². The van der Waals surface area contributed by atoms with Crippen LogP contribution in [0.2, 0.25) is 5.02 Å². The minimum Gasteiger partial charge on any atom is -0.465 e. The maximum Gasteiger partial charge on any atom is 0.337 e. The Morgan fingerprint density at radius 1 is 1.15 bits per heavy atom. The van der Waals surface area contributed by atoms with Crippen LogP contribution in [0.25, 0.3) is 0 Å². The summed E-state index contributed by atoms with van der Waals surface area (Å²) in [5.41, 5.74) is 1.84. The van der Waals surface area contributed by atoms with E-state index in [9.17, 15) is 14.4 Å². The van der Waals surface area contributed by atoms with Crippen molar-refractivity contribution < 1.29 is 24.4 Å². The average molecular weight is 374 g/mol. The lowest BCUT2D eigenvalue weighted by atomic mass is 10.2. The Bertz CT molecular complexity index is 834. The van der Waals surface area contributed by atoms with E-state index in [2.05, 4.69) is 4.74 Å². The molecule has 0 bridgehead atoms. The van der Waals surface area contributed by atoms with Crippen molar-refractivity contribution >= 4 is 35.1 Å². The second-order valence-electron chi connectivity index (χ2n) is 5.98. The maximum atomic E-state index is 12.6. The molecule has 0 aromatic heterocycles. The minimum absolute atomic E-state index is 0.144. The fourth-order valence-corrected chi connectivity index (χ4v) is 3.00. The Labute approximate surface area is 155 Å². The van der Waals surface area contributed by atoms with E-state index in [0.29, 0.717) is 22.8 Å². The van der Waals surface area contributed by atoms with E-state index in [1.807, 2.05) is 17.4 Å². The number of amides is 2. The Morgan fingerprint density at radius 2 is 1.81 bits per heavy atom. The highest BCUT2D eigenvalue weighted by Gasteiger charge is 2.42. The number of carbonyl (C=O) groups is 3. The molecule has 0 aliphatic carbocycles. The second-order valence-corrected chi connectivity index (χ2v) is 6.42. The highest BCUT2D eigenvalue weighted by Crippen LogP contribution is 2.22. The van der Waals surface area contributed by atoms with Crippen molar-refractivity contribution in [3.8, 4) is 0 Å². The zero-order valence-corrected chi connectivity index (χ0v) is 14.9. The van der Waals surface area contributed by atoms with Gasteiger partial charge in [0.1, 0.15) is 6.54 Å². The third-order valence-corrected chi connectivity index (χ3v) is 4.53. The molecule has 2 aromatic rings. The zero-order chi connectivity index (χ0) is 18.7. The molecule has 1 aliphatic heterocycles. The van der Waals surface area contributed by atoms with E-state index in [4.69, 9.17) is 11.6 Å². The Balaban J connectivity index is 1.68. The third-order valence-electron chi connectivity index (χ3n) is 4.28. The summed E-state index contributed by atoms with van der Waals surface area (Å²) in [6.07, 6.45) is 0.144. The molecule has 6 nitrogen and oxygen atoms in total. The highest BCUT2D eigenvalue weighted by molar-refractivity contribution is 6.30. The number of hydrogen-bond donors (Lipinski definition) is 1. The van der Waals surface area contributed by atoms with Crippen molar-refractivity contribution in [2.24, 2.45) is 0 Å². The molecule has 1 aliphatic rings. The lowest BCUT2D eigenvalue weighted by molar-refractivity contribution is -0.690. The molecule has 0 spiro atoms. The Morgan fingerprint density at radius 3 is 2.42 bits per heavy atom. The van der Waals surface area contributed by atoms with Gasteiger partial charge in [-0.3, -0.25) is 9.59 Å². The summed E-state index contributed by atoms with van der Waals surface area (Å²) in [5.74, 6) is -0.974. The molecule has 26 heavy (non-hydrogen) atoms. The van der Waals surface area contributed by atoms with E-state index >= 15 is 0 Å². The topological polar surface area (TPSA) is 80.3 Å². The van der Waals surface area contributed by atoms with E-state index in [-0.39, 0.29) is 18.2 Å². The second kappa shape index (κ2) is 7.68. The maximum absolute atomic E-state index is 12.6. The van der Waals surface area contributed by atoms with Crippen LogP contribution in [0, 0.1) is 0 Å². The van der Waals surface area contributed by atoms with Gasteiger partial charge in [0.25, 0.3) is 5.91 Å². The molecule has 1 saturated heterocycles. The highest BCUT2D eigenvalue weighted by atomic mass is 35.5. The number of imide groups is 1. The van der Waals surface area contributed by atoms with E-state index in [1.54, 1.807) is 24.3 Å². The van der Waals surface area contributed by atoms with Gasteiger partial charge in [0.2, 0.25) is 5.91 Å². The fourth-order valence-electron chi connectivity index (χ4n) is 2.87. The number of rotatable bonds is 5. The van der Waals surface area contributed by atoms with Gasteiger partial charge >= 0.3 is 5.97 Å². The summed E-state index contributed by atoms with van der Waals surface area (Å²) in [7, 11) is 1.30. The predicted octanol–water partition coefficient (Wildman–Crippen LogP) is 1.52. The summed E-state index contributed by atoms with van der Waals surface area (Å²) in [4.78, 5) is 37.6. The van der Waals surface area contributed by atoms with Gasteiger partial charge in [0.15, 0.2) is 6.04 Å². The summed E-state index contributed by atoms with van der Waals surface area (Å²) in [6, 6.07) is 13.1. The Hall–Kier alpha value is -2.70. The largest absolute Gasteiger partial charge is 0.465 e.